The molecule has 0 aromatic heterocycles. The summed E-state index contributed by atoms with van der Waals surface area (Å²) in [5, 5.41) is 6.87. The highest BCUT2D eigenvalue weighted by atomic mass is 19.1. The van der Waals surface area contributed by atoms with Gasteiger partial charge < -0.3 is 10.6 Å². The summed E-state index contributed by atoms with van der Waals surface area (Å²) < 4.78 is 12.9. The number of nitrogens with one attached hydrogen (secondary N) is 2. The Hall–Kier alpha value is -0.930. The van der Waals surface area contributed by atoms with Crippen molar-refractivity contribution in [1.29, 1.82) is 0 Å². The second kappa shape index (κ2) is 6.72. The third-order valence-corrected chi connectivity index (χ3v) is 3.31. The minimum Gasteiger partial charge on any atom is -0.316 e. The van der Waals surface area contributed by atoms with Crippen molar-refractivity contribution >= 4 is 0 Å². The van der Waals surface area contributed by atoms with Crippen LogP contribution in [-0.4, -0.2) is 26.2 Å². The fourth-order valence-electron chi connectivity index (χ4n) is 2.33. The maximum atomic E-state index is 12.9. The van der Waals surface area contributed by atoms with Gasteiger partial charge in [0.1, 0.15) is 5.82 Å². The van der Waals surface area contributed by atoms with Crippen LogP contribution >= 0.6 is 0 Å². The molecule has 1 fully saturated rings. The van der Waals surface area contributed by atoms with E-state index in [-0.39, 0.29) is 5.82 Å². The Bertz CT molecular complexity index is 335. The molecule has 0 aliphatic carbocycles. The molecule has 1 unspecified atom stereocenters. The summed E-state index contributed by atoms with van der Waals surface area (Å²) in [7, 11) is 0. The molecule has 2 rings (SSSR count). The van der Waals surface area contributed by atoms with Crippen LogP contribution < -0.4 is 10.6 Å². The lowest BCUT2D eigenvalue weighted by molar-refractivity contribution is 0.361. The van der Waals surface area contributed by atoms with Gasteiger partial charge in [0.25, 0.3) is 0 Å². The molecule has 0 bridgehead atoms. The van der Waals surface area contributed by atoms with Gasteiger partial charge in [-0.2, -0.15) is 0 Å². The van der Waals surface area contributed by atoms with Crippen molar-refractivity contribution in [3.05, 3.63) is 35.6 Å². The summed E-state index contributed by atoms with van der Waals surface area (Å²) >= 11 is 0. The van der Waals surface area contributed by atoms with Gasteiger partial charge in [-0.15, -0.1) is 0 Å². The average molecular weight is 236 g/mol. The minimum absolute atomic E-state index is 0.140. The summed E-state index contributed by atoms with van der Waals surface area (Å²) in [6, 6.07) is 6.86. The molecule has 1 atom stereocenters. The van der Waals surface area contributed by atoms with Crippen molar-refractivity contribution in [1.82, 2.24) is 10.6 Å². The molecule has 0 spiro atoms. The zero-order chi connectivity index (χ0) is 11.9. The molecule has 2 N–H and O–H groups in total. The Balaban J connectivity index is 1.62. The summed E-state index contributed by atoms with van der Waals surface area (Å²) in [5.74, 6) is 0.621. The average Bonchev–Trinajstić information content (AvgIpc) is 2.36. The summed E-state index contributed by atoms with van der Waals surface area (Å²) in [4.78, 5) is 0. The van der Waals surface area contributed by atoms with E-state index in [1.165, 1.54) is 25.5 Å². The standard InChI is InChI=1S/C14H21FN2/c15-14-5-1-3-12(9-14)6-8-17-11-13-4-2-7-16-10-13/h1,3,5,9,13,16-17H,2,4,6-8,10-11H2. The summed E-state index contributed by atoms with van der Waals surface area (Å²) in [6.45, 7) is 4.30. The molecule has 1 aromatic rings. The molecular weight excluding hydrogens is 215 g/mol. The first-order chi connectivity index (χ1) is 8.34. The normalized spacial score (nSPS) is 20.4. The van der Waals surface area contributed by atoms with Crippen molar-refractivity contribution in [3.8, 4) is 0 Å². The van der Waals surface area contributed by atoms with Gasteiger partial charge in [0, 0.05) is 0 Å². The Kier molecular flexibility index (Phi) is 4.95. The van der Waals surface area contributed by atoms with Crippen LogP contribution in [0.3, 0.4) is 0 Å². The second-order valence-corrected chi connectivity index (χ2v) is 4.80. The molecule has 0 saturated carbocycles. The molecule has 0 amide bonds. The monoisotopic (exact) mass is 236 g/mol. The lowest BCUT2D eigenvalue weighted by Gasteiger charge is -2.22. The minimum atomic E-state index is -0.140. The van der Waals surface area contributed by atoms with E-state index in [1.54, 1.807) is 12.1 Å². The van der Waals surface area contributed by atoms with E-state index in [4.69, 9.17) is 0 Å². The van der Waals surface area contributed by atoms with E-state index in [9.17, 15) is 4.39 Å². The molecule has 0 radical (unpaired) electrons. The highest BCUT2D eigenvalue weighted by Gasteiger charge is 2.11. The van der Waals surface area contributed by atoms with Crippen LogP contribution in [0.4, 0.5) is 4.39 Å². The van der Waals surface area contributed by atoms with Gasteiger partial charge in [0.2, 0.25) is 0 Å². The van der Waals surface area contributed by atoms with Crippen LogP contribution in [0.25, 0.3) is 0 Å². The molecule has 1 aliphatic rings. The maximum Gasteiger partial charge on any atom is 0.123 e. The topological polar surface area (TPSA) is 24.1 Å². The second-order valence-electron chi connectivity index (χ2n) is 4.80. The highest BCUT2D eigenvalue weighted by molar-refractivity contribution is 5.16. The largest absolute Gasteiger partial charge is 0.316 e. The van der Waals surface area contributed by atoms with E-state index in [2.05, 4.69) is 10.6 Å². The zero-order valence-electron chi connectivity index (χ0n) is 10.2. The lowest BCUT2D eigenvalue weighted by Crippen LogP contribution is -2.36. The Morgan fingerprint density at radius 2 is 2.35 bits per heavy atom. The van der Waals surface area contributed by atoms with Gasteiger partial charge in [-0.25, -0.2) is 4.39 Å². The predicted molar refractivity (Wildman–Crippen MR) is 68.6 cm³/mol. The molecule has 2 nitrogen and oxygen atoms in total. The molecule has 1 aliphatic heterocycles. The van der Waals surface area contributed by atoms with Crippen molar-refractivity contribution in [3.63, 3.8) is 0 Å². The molecular formula is C14H21FN2. The summed E-state index contributed by atoms with van der Waals surface area (Å²) in [5.41, 5.74) is 1.07. The predicted octanol–water partition coefficient (Wildman–Crippen LogP) is 1.96. The van der Waals surface area contributed by atoms with Gasteiger partial charge >= 0.3 is 0 Å². The molecule has 94 valence electrons. The quantitative estimate of drug-likeness (QED) is 0.764. The SMILES string of the molecule is Fc1cccc(CCNCC2CCCNC2)c1. The molecule has 17 heavy (non-hydrogen) atoms. The number of hydrogen-bond donors (Lipinski definition) is 2. The van der Waals surface area contributed by atoms with Crippen LogP contribution in [0.5, 0.6) is 0 Å². The number of hydrogen-bond acceptors (Lipinski definition) is 2. The zero-order valence-corrected chi connectivity index (χ0v) is 10.2. The fourth-order valence-corrected chi connectivity index (χ4v) is 2.33. The van der Waals surface area contributed by atoms with E-state index in [0.29, 0.717) is 0 Å². The van der Waals surface area contributed by atoms with Crippen LogP contribution in [-0.2, 0) is 6.42 Å². The van der Waals surface area contributed by atoms with Crippen LogP contribution in [0.15, 0.2) is 24.3 Å². The van der Waals surface area contributed by atoms with Gasteiger partial charge in [-0.1, -0.05) is 12.1 Å². The van der Waals surface area contributed by atoms with Crippen LogP contribution in [0.2, 0.25) is 0 Å². The first-order valence-corrected chi connectivity index (χ1v) is 6.50. The summed E-state index contributed by atoms with van der Waals surface area (Å²) in [6.07, 6.45) is 3.51. The maximum absolute atomic E-state index is 12.9. The van der Waals surface area contributed by atoms with E-state index in [1.807, 2.05) is 6.07 Å². The molecule has 3 heteroatoms. The third-order valence-electron chi connectivity index (χ3n) is 3.31. The number of rotatable bonds is 5. The van der Waals surface area contributed by atoms with E-state index >= 15 is 0 Å². The van der Waals surface area contributed by atoms with Crippen molar-refractivity contribution < 1.29 is 4.39 Å². The van der Waals surface area contributed by atoms with Crippen molar-refractivity contribution in [2.45, 2.75) is 19.3 Å². The smallest absolute Gasteiger partial charge is 0.123 e. The molecule has 1 saturated heterocycles. The number of halogens is 1. The fraction of sp³-hybridized carbons (Fsp3) is 0.571. The Morgan fingerprint density at radius 3 is 3.12 bits per heavy atom. The Labute approximate surface area is 103 Å². The lowest BCUT2D eigenvalue weighted by atomic mass is 10.00. The highest BCUT2D eigenvalue weighted by Crippen LogP contribution is 2.08. The van der Waals surface area contributed by atoms with E-state index in [0.717, 1.165) is 37.5 Å². The van der Waals surface area contributed by atoms with Crippen molar-refractivity contribution in [2.24, 2.45) is 5.92 Å². The molecule has 1 aromatic carbocycles. The van der Waals surface area contributed by atoms with Crippen molar-refractivity contribution in [2.75, 3.05) is 26.2 Å². The van der Waals surface area contributed by atoms with Gasteiger partial charge in [-0.05, 0) is 69.1 Å². The number of benzene rings is 1. The first kappa shape index (κ1) is 12.5. The third kappa shape index (κ3) is 4.44. The molecule has 1 heterocycles. The van der Waals surface area contributed by atoms with Crippen LogP contribution in [0.1, 0.15) is 18.4 Å². The van der Waals surface area contributed by atoms with Gasteiger partial charge in [0.05, 0.1) is 0 Å². The van der Waals surface area contributed by atoms with Gasteiger partial charge in [0.15, 0.2) is 0 Å². The Morgan fingerprint density at radius 1 is 1.41 bits per heavy atom. The first-order valence-electron chi connectivity index (χ1n) is 6.50. The van der Waals surface area contributed by atoms with E-state index < -0.39 is 0 Å². The number of piperidine rings is 1. The van der Waals surface area contributed by atoms with Gasteiger partial charge in [-0.3, -0.25) is 0 Å². The van der Waals surface area contributed by atoms with Crippen LogP contribution in [0, 0.1) is 11.7 Å².